The number of nitrogens with zero attached hydrogens (tertiary/aromatic N) is 1. The number of carbonyl (C=O) groups excluding carboxylic acids is 1. The van der Waals surface area contributed by atoms with Gasteiger partial charge in [0.2, 0.25) is 0 Å². The number of aromatic hydroxyl groups is 1. The van der Waals surface area contributed by atoms with Gasteiger partial charge in [0.05, 0.1) is 6.04 Å². The molecule has 4 nitrogen and oxygen atoms in total. The fourth-order valence-corrected chi connectivity index (χ4v) is 2.59. The molecule has 0 aliphatic rings. The minimum atomic E-state index is -0.112. The molecule has 0 radical (unpaired) electrons. The van der Waals surface area contributed by atoms with Crippen LogP contribution in [-0.2, 0) is 6.54 Å². The number of benzene rings is 1. The van der Waals surface area contributed by atoms with Gasteiger partial charge in [-0.15, -0.1) is 11.3 Å². The van der Waals surface area contributed by atoms with Crippen molar-refractivity contribution in [1.29, 1.82) is 0 Å². The molecular formula is C15H18N2O2S. The molecule has 0 aliphatic heterocycles. The summed E-state index contributed by atoms with van der Waals surface area (Å²) in [6, 6.07) is 10.7. The van der Waals surface area contributed by atoms with E-state index in [9.17, 15) is 9.90 Å². The number of hydrogen-bond acceptors (Lipinski definition) is 3. The van der Waals surface area contributed by atoms with Crippen molar-refractivity contribution in [1.82, 2.24) is 10.2 Å². The van der Waals surface area contributed by atoms with Crippen molar-refractivity contribution in [3.8, 4) is 5.75 Å². The van der Waals surface area contributed by atoms with Gasteiger partial charge in [-0.2, -0.15) is 0 Å². The van der Waals surface area contributed by atoms with Crippen LogP contribution in [0.3, 0.4) is 0 Å². The Morgan fingerprint density at radius 1 is 1.35 bits per heavy atom. The summed E-state index contributed by atoms with van der Waals surface area (Å²) in [4.78, 5) is 14.8. The number of carbonyl (C=O) groups is 1. The molecule has 0 aliphatic carbocycles. The lowest BCUT2D eigenvalue weighted by Crippen LogP contribution is -2.37. The molecule has 2 amide bonds. The predicted molar refractivity (Wildman–Crippen MR) is 80.8 cm³/mol. The minimum Gasteiger partial charge on any atom is -0.508 e. The third-order valence-electron chi connectivity index (χ3n) is 3.01. The van der Waals surface area contributed by atoms with Crippen LogP contribution >= 0.6 is 11.3 Å². The summed E-state index contributed by atoms with van der Waals surface area (Å²) in [5.74, 6) is 0.229. The van der Waals surface area contributed by atoms with E-state index in [0.29, 0.717) is 6.54 Å². The predicted octanol–water partition coefficient (Wildman–Crippen LogP) is 3.36. The van der Waals surface area contributed by atoms with E-state index in [1.807, 2.05) is 36.6 Å². The Kier molecular flexibility index (Phi) is 4.63. The lowest BCUT2D eigenvalue weighted by Gasteiger charge is -2.21. The van der Waals surface area contributed by atoms with Gasteiger partial charge in [0, 0.05) is 18.5 Å². The fraction of sp³-hybridized carbons (Fsp3) is 0.267. The molecule has 0 bridgehead atoms. The monoisotopic (exact) mass is 290 g/mol. The van der Waals surface area contributed by atoms with E-state index in [2.05, 4.69) is 5.32 Å². The SMILES string of the molecule is C[C@H](NC(=O)N(C)Cc1ccc(O)cc1)c1cccs1. The largest absolute Gasteiger partial charge is 0.508 e. The molecule has 2 rings (SSSR count). The standard InChI is InChI=1S/C15H18N2O2S/c1-11(14-4-3-9-20-14)16-15(19)17(2)10-12-5-7-13(18)8-6-12/h3-9,11,18H,10H2,1-2H3,(H,16,19)/t11-/m0/s1. The number of amides is 2. The minimum absolute atomic E-state index is 0.00441. The smallest absolute Gasteiger partial charge is 0.317 e. The van der Waals surface area contributed by atoms with Gasteiger partial charge in [-0.1, -0.05) is 18.2 Å². The molecule has 2 aromatic rings. The van der Waals surface area contributed by atoms with E-state index in [1.54, 1.807) is 35.4 Å². The molecular weight excluding hydrogens is 272 g/mol. The molecule has 0 spiro atoms. The van der Waals surface area contributed by atoms with Crippen LogP contribution in [-0.4, -0.2) is 23.1 Å². The number of phenolic OH excluding ortho intramolecular Hbond substituents is 1. The summed E-state index contributed by atoms with van der Waals surface area (Å²) in [6.45, 7) is 2.47. The van der Waals surface area contributed by atoms with Crippen molar-refractivity contribution in [3.63, 3.8) is 0 Å². The quantitative estimate of drug-likeness (QED) is 0.907. The highest BCUT2D eigenvalue weighted by Crippen LogP contribution is 2.18. The molecule has 5 heteroatoms. The highest BCUT2D eigenvalue weighted by Gasteiger charge is 2.14. The lowest BCUT2D eigenvalue weighted by molar-refractivity contribution is 0.203. The first-order valence-electron chi connectivity index (χ1n) is 6.39. The van der Waals surface area contributed by atoms with Gasteiger partial charge in [-0.3, -0.25) is 0 Å². The summed E-state index contributed by atoms with van der Waals surface area (Å²) >= 11 is 1.63. The van der Waals surface area contributed by atoms with Crippen molar-refractivity contribution in [2.24, 2.45) is 0 Å². The second kappa shape index (κ2) is 6.43. The van der Waals surface area contributed by atoms with E-state index in [4.69, 9.17) is 0 Å². The van der Waals surface area contributed by atoms with Gasteiger partial charge in [0.15, 0.2) is 0 Å². The Hall–Kier alpha value is -2.01. The highest BCUT2D eigenvalue weighted by molar-refractivity contribution is 7.10. The molecule has 1 atom stereocenters. The number of phenols is 1. The van der Waals surface area contributed by atoms with Crippen molar-refractivity contribution < 1.29 is 9.90 Å². The third-order valence-corrected chi connectivity index (χ3v) is 4.07. The van der Waals surface area contributed by atoms with E-state index in [1.165, 1.54) is 0 Å². The Labute approximate surface area is 122 Å². The van der Waals surface area contributed by atoms with Crippen LogP contribution in [0.2, 0.25) is 0 Å². The van der Waals surface area contributed by atoms with Crippen molar-refractivity contribution in [2.45, 2.75) is 19.5 Å². The summed E-state index contributed by atoms with van der Waals surface area (Å²) in [7, 11) is 1.75. The zero-order chi connectivity index (χ0) is 14.5. The van der Waals surface area contributed by atoms with Crippen LogP contribution in [0.15, 0.2) is 41.8 Å². The van der Waals surface area contributed by atoms with Gasteiger partial charge in [-0.25, -0.2) is 4.79 Å². The van der Waals surface area contributed by atoms with Gasteiger partial charge in [0.1, 0.15) is 5.75 Å². The van der Waals surface area contributed by atoms with E-state index >= 15 is 0 Å². The van der Waals surface area contributed by atoms with E-state index in [-0.39, 0.29) is 17.8 Å². The van der Waals surface area contributed by atoms with Crippen molar-refractivity contribution in [2.75, 3.05) is 7.05 Å². The Balaban J connectivity index is 1.90. The average Bonchev–Trinajstić information content (AvgIpc) is 2.95. The zero-order valence-corrected chi connectivity index (χ0v) is 12.4. The van der Waals surface area contributed by atoms with E-state index in [0.717, 1.165) is 10.4 Å². The van der Waals surface area contributed by atoms with Crippen LogP contribution in [0, 0.1) is 0 Å². The number of nitrogens with one attached hydrogen (secondary N) is 1. The first-order chi connectivity index (χ1) is 9.56. The van der Waals surface area contributed by atoms with Crippen molar-refractivity contribution in [3.05, 3.63) is 52.2 Å². The second-order valence-corrected chi connectivity index (χ2v) is 5.69. The number of urea groups is 1. The molecule has 0 unspecified atom stereocenters. The Morgan fingerprint density at radius 2 is 2.05 bits per heavy atom. The Bertz CT molecular complexity index is 552. The van der Waals surface area contributed by atoms with Gasteiger partial charge in [0.25, 0.3) is 0 Å². The summed E-state index contributed by atoms with van der Waals surface area (Å²) in [5, 5.41) is 14.2. The molecule has 0 saturated carbocycles. The van der Waals surface area contributed by atoms with Crippen LogP contribution in [0.1, 0.15) is 23.4 Å². The maximum absolute atomic E-state index is 12.1. The first-order valence-corrected chi connectivity index (χ1v) is 7.27. The summed E-state index contributed by atoms with van der Waals surface area (Å²) in [5.41, 5.74) is 0.976. The van der Waals surface area contributed by atoms with Gasteiger partial charge >= 0.3 is 6.03 Å². The molecule has 0 saturated heterocycles. The second-order valence-electron chi connectivity index (χ2n) is 4.71. The lowest BCUT2D eigenvalue weighted by atomic mass is 10.2. The molecule has 1 aromatic heterocycles. The third kappa shape index (κ3) is 3.74. The van der Waals surface area contributed by atoms with Crippen molar-refractivity contribution >= 4 is 17.4 Å². The van der Waals surface area contributed by atoms with Crippen LogP contribution < -0.4 is 5.32 Å². The highest BCUT2D eigenvalue weighted by atomic mass is 32.1. The molecule has 1 aromatic carbocycles. The summed E-state index contributed by atoms with van der Waals surface area (Å²) in [6.07, 6.45) is 0. The van der Waals surface area contributed by atoms with Crippen LogP contribution in [0.25, 0.3) is 0 Å². The van der Waals surface area contributed by atoms with Gasteiger partial charge in [-0.05, 0) is 36.1 Å². The van der Waals surface area contributed by atoms with Gasteiger partial charge < -0.3 is 15.3 Å². The average molecular weight is 290 g/mol. The fourth-order valence-electron chi connectivity index (χ4n) is 1.85. The molecule has 2 N–H and O–H groups in total. The maximum atomic E-state index is 12.1. The molecule has 20 heavy (non-hydrogen) atoms. The first kappa shape index (κ1) is 14.4. The topological polar surface area (TPSA) is 52.6 Å². The normalized spacial score (nSPS) is 11.9. The Morgan fingerprint density at radius 3 is 2.65 bits per heavy atom. The molecule has 0 fully saturated rings. The van der Waals surface area contributed by atoms with Crippen LogP contribution in [0.4, 0.5) is 4.79 Å². The van der Waals surface area contributed by atoms with Crippen LogP contribution in [0.5, 0.6) is 5.75 Å². The molecule has 106 valence electrons. The maximum Gasteiger partial charge on any atom is 0.317 e. The zero-order valence-electron chi connectivity index (χ0n) is 11.5. The van der Waals surface area contributed by atoms with E-state index < -0.39 is 0 Å². The number of rotatable bonds is 4. The molecule has 1 heterocycles. The summed E-state index contributed by atoms with van der Waals surface area (Å²) < 4.78 is 0. The number of hydrogen-bond donors (Lipinski definition) is 2. The number of thiophene rings is 1.